The minimum absolute atomic E-state index is 0.0604. The van der Waals surface area contributed by atoms with E-state index in [-0.39, 0.29) is 29.5 Å². The number of esters is 1. The van der Waals surface area contributed by atoms with Crippen molar-refractivity contribution in [1.82, 2.24) is 0 Å². The maximum absolute atomic E-state index is 13.3. The molecular formula is C24H23BN2O8S. The maximum Gasteiger partial charge on any atom is 0.491 e. The number of hydrogen-bond acceptors (Lipinski definition) is 8. The Hall–Kier alpha value is -3.87. The van der Waals surface area contributed by atoms with E-state index >= 15 is 0 Å². The van der Waals surface area contributed by atoms with Gasteiger partial charge in [0.15, 0.2) is 6.61 Å². The van der Waals surface area contributed by atoms with Gasteiger partial charge in [-0.05, 0) is 40.9 Å². The lowest BCUT2D eigenvalue weighted by atomic mass is 9.79. The van der Waals surface area contributed by atoms with Crippen molar-refractivity contribution in [2.75, 3.05) is 16.6 Å². The van der Waals surface area contributed by atoms with Crippen LogP contribution in [0.5, 0.6) is 5.75 Å². The van der Waals surface area contributed by atoms with Gasteiger partial charge in [0.2, 0.25) is 0 Å². The molecule has 1 aliphatic heterocycles. The zero-order chi connectivity index (χ0) is 25.7. The number of ether oxygens (including phenoxy) is 2. The summed E-state index contributed by atoms with van der Waals surface area (Å²) in [5.41, 5.74) is 2.27. The molecule has 0 saturated heterocycles. The fraction of sp³-hybridized carbons (Fsp3) is 0.167. The molecule has 3 aromatic rings. The summed E-state index contributed by atoms with van der Waals surface area (Å²) in [5, 5.41) is 12.4. The second-order valence-corrected chi connectivity index (χ2v) is 9.59. The van der Waals surface area contributed by atoms with Crippen LogP contribution in [0.3, 0.4) is 0 Å². The van der Waals surface area contributed by atoms with Gasteiger partial charge >= 0.3 is 13.1 Å². The summed E-state index contributed by atoms with van der Waals surface area (Å²) in [7, 11) is -5.33. The molecule has 0 unspecified atom stereocenters. The molecule has 0 aliphatic carbocycles. The Morgan fingerprint density at radius 1 is 1.08 bits per heavy atom. The number of nitrogens with one attached hydrogen (secondary N) is 2. The van der Waals surface area contributed by atoms with E-state index < -0.39 is 35.6 Å². The largest absolute Gasteiger partial charge is 0.491 e. The smallest absolute Gasteiger partial charge is 0.489 e. The fourth-order valence-electron chi connectivity index (χ4n) is 3.51. The van der Waals surface area contributed by atoms with Crippen molar-refractivity contribution in [2.24, 2.45) is 0 Å². The van der Waals surface area contributed by atoms with Crippen LogP contribution in [0.1, 0.15) is 18.1 Å². The van der Waals surface area contributed by atoms with Crippen molar-refractivity contribution in [3.63, 3.8) is 0 Å². The van der Waals surface area contributed by atoms with Gasteiger partial charge in [-0.15, -0.1) is 0 Å². The lowest BCUT2D eigenvalue weighted by Crippen LogP contribution is -2.28. The molecule has 1 heterocycles. The van der Waals surface area contributed by atoms with E-state index in [1.54, 1.807) is 12.1 Å². The van der Waals surface area contributed by atoms with E-state index in [0.717, 1.165) is 18.1 Å². The lowest BCUT2D eigenvalue weighted by molar-refractivity contribution is -0.144. The van der Waals surface area contributed by atoms with Gasteiger partial charge in [0.1, 0.15) is 17.3 Å². The van der Waals surface area contributed by atoms with E-state index in [4.69, 9.17) is 14.1 Å². The normalized spacial score (nSPS) is 12.6. The van der Waals surface area contributed by atoms with Crippen molar-refractivity contribution < 1.29 is 37.2 Å². The van der Waals surface area contributed by atoms with Crippen molar-refractivity contribution in [3.05, 3.63) is 77.9 Å². The summed E-state index contributed by atoms with van der Waals surface area (Å²) >= 11 is 0. The standard InChI is InChI=1S/C24H23BN2O8S/c1-16(28)33-15-24(29)26-22-12-20(34-13-17-5-3-2-4-6-17)9-10-23(22)36(31,32)27-19-8-7-18-14-35-25(30)21(18)11-19/h2-12,27,30H,13-15H2,1H3,(H,26,29). The van der Waals surface area contributed by atoms with Crippen LogP contribution in [0.2, 0.25) is 0 Å². The molecule has 12 heteroatoms. The van der Waals surface area contributed by atoms with E-state index in [1.165, 1.54) is 24.3 Å². The zero-order valence-corrected chi connectivity index (χ0v) is 20.1. The van der Waals surface area contributed by atoms with Gasteiger partial charge < -0.3 is 24.5 Å². The average Bonchev–Trinajstić information content (AvgIpc) is 3.22. The highest BCUT2D eigenvalue weighted by atomic mass is 32.2. The third kappa shape index (κ3) is 6.22. The quantitative estimate of drug-likeness (QED) is 0.293. The van der Waals surface area contributed by atoms with E-state index in [0.29, 0.717) is 11.2 Å². The molecule has 4 rings (SSSR count). The van der Waals surface area contributed by atoms with Crippen LogP contribution in [-0.4, -0.2) is 39.0 Å². The number of anilines is 2. The van der Waals surface area contributed by atoms with E-state index in [9.17, 15) is 23.0 Å². The van der Waals surface area contributed by atoms with Crippen LogP contribution in [0.25, 0.3) is 0 Å². The Morgan fingerprint density at radius 3 is 2.61 bits per heavy atom. The first-order valence-electron chi connectivity index (χ1n) is 10.9. The molecule has 3 N–H and O–H groups in total. The number of benzene rings is 3. The first-order valence-corrected chi connectivity index (χ1v) is 12.4. The molecule has 0 saturated carbocycles. The summed E-state index contributed by atoms with van der Waals surface area (Å²) in [4.78, 5) is 23.1. The van der Waals surface area contributed by atoms with E-state index in [2.05, 4.69) is 10.0 Å². The van der Waals surface area contributed by atoms with Gasteiger partial charge in [-0.3, -0.25) is 14.3 Å². The third-order valence-corrected chi connectivity index (χ3v) is 6.67. The summed E-state index contributed by atoms with van der Waals surface area (Å²) in [6.07, 6.45) is 0. The summed E-state index contributed by atoms with van der Waals surface area (Å²) in [5.74, 6) is -1.06. The van der Waals surface area contributed by atoms with Gasteiger partial charge in [-0.25, -0.2) is 8.42 Å². The Balaban J connectivity index is 1.60. The van der Waals surface area contributed by atoms with Crippen molar-refractivity contribution in [3.8, 4) is 5.75 Å². The van der Waals surface area contributed by atoms with E-state index in [1.807, 2.05) is 30.3 Å². The Bertz CT molecular complexity index is 1380. The molecule has 0 atom stereocenters. The average molecular weight is 510 g/mol. The van der Waals surface area contributed by atoms with Crippen LogP contribution >= 0.6 is 0 Å². The Morgan fingerprint density at radius 2 is 1.86 bits per heavy atom. The van der Waals surface area contributed by atoms with Gasteiger partial charge in [-0.1, -0.05) is 36.4 Å². The highest BCUT2D eigenvalue weighted by Gasteiger charge is 2.28. The minimum Gasteiger partial charge on any atom is -0.489 e. The molecule has 10 nitrogen and oxygen atoms in total. The second-order valence-electron chi connectivity index (χ2n) is 7.94. The molecule has 1 aliphatic rings. The van der Waals surface area contributed by atoms with Crippen LogP contribution < -0.4 is 20.2 Å². The summed E-state index contributed by atoms with van der Waals surface area (Å²) < 4.78 is 44.6. The molecule has 0 bridgehead atoms. The second kappa shape index (κ2) is 10.8. The van der Waals surface area contributed by atoms with Crippen LogP contribution in [0, 0.1) is 0 Å². The lowest BCUT2D eigenvalue weighted by Gasteiger charge is -2.16. The molecule has 3 aromatic carbocycles. The van der Waals surface area contributed by atoms with Crippen LogP contribution in [-0.2, 0) is 42.2 Å². The highest BCUT2D eigenvalue weighted by Crippen LogP contribution is 2.29. The molecule has 186 valence electrons. The fourth-order valence-corrected chi connectivity index (χ4v) is 4.71. The Labute approximate surface area is 208 Å². The minimum atomic E-state index is -4.19. The van der Waals surface area contributed by atoms with Crippen molar-refractivity contribution in [2.45, 2.75) is 25.0 Å². The summed E-state index contributed by atoms with van der Waals surface area (Å²) in [6, 6.07) is 18.2. The van der Waals surface area contributed by atoms with Gasteiger partial charge in [0, 0.05) is 18.7 Å². The van der Waals surface area contributed by atoms with Crippen molar-refractivity contribution in [1.29, 1.82) is 0 Å². The van der Waals surface area contributed by atoms with Gasteiger partial charge in [0.25, 0.3) is 15.9 Å². The number of fused-ring (bicyclic) bond motifs is 1. The molecule has 0 radical (unpaired) electrons. The number of sulfonamides is 1. The first-order chi connectivity index (χ1) is 17.2. The highest BCUT2D eigenvalue weighted by molar-refractivity contribution is 7.92. The zero-order valence-electron chi connectivity index (χ0n) is 19.3. The molecule has 1 amide bonds. The monoisotopic (exact) mass is 510 g/mol. The number of rotatable bonds is 9. The number of amides is 1. The summed E-state index contributed by atoms with van der Waals surface area (Å²) in [6.45, 7) is 1.03. The molecular weight excluding hydrogens is 487 g/mol. The SMILES string of the molecule is CC(=O)OCC(=O)Nc1cc(OCc2ccccc2)ccc1S(=O)(=O)Nc1ccc2c(c1)B(O)OC2. The number of hydrogen-bond donors (Lipinski definition) is 3. The van der Waals surface area contributed by atoms with Crippen molar-refractivity contribution >= 4 is 45.9 Å². The number of carbonyl (C=O) groups excluding carboxylic acids is 2. The molecule has 0 fully saturated rings. The maximum atomic E-state index is 13.3. The molecule has 0 aromatic heterocycles. The van der Waals surface area contributed by atoms with Crippen LogP contribution in [0.15, 0.2) is 71.6 Å². The van der Waals surface area contributed by atoms with Crippen LogP contribution in [0.4, 0.5) is 11.4 Å². The predicted molar refractivity (Wildman–Crippen MR) is 132 cm³/mol. The number of carbonyl (C=O) groups is 2. The third-order valence-electron chi connectivity index (χ3n) is 5.23. The van der Waals surface area contributed by atoms with Gasteiger partial charge in [-0.2, -0.15) is 0 Å². The molecule has 0 spiro atoms. The predicted octanol–water partition coefficient (Wildman–Crippen LogP) is 1.79. The Kier molecular flexibility index (Phi) is 7.58. The topological polar surface area (TPSA) is 140 Å². The molecule has 36 heavy (non-hydrogen) atoms. The first kappa shape index (κ1) is 25.2. The van der Waals surface area contributed by atoms with Gasteiger partial charge in [0.05, 0.1) is 12.3 Å².